The minimum absolute atomic E-state index is 0.0605. The number of carbonyl (C=O) groups excluding carboxylic acids is 1. The van der Waals surface area contributed by atoms with Crippen LogP contribution < -0.4 is 5.32 Å². The number of amides is 1. The maximum atomic E-state index is 11.6. The summed E-state index contributed by atoms with van der Waals surface area (Å²) in [4.78, 5) is 27.0. The van der Waals surface area contributed by atoms with E-state index < -0.39 is 5.97 Å². The number of aromatic nitrogens is 2. The van der Waals surface area contributed by atoms with E-state index in [1.165, 1.54) is 6.07 Å². The molecule has 0 saturated heterocycles. The first-order valence-corrected chi connectivity index (χ1v) is 6.45. The molecule has 0 saturated carbocycles. The summed E-state index contributed by atoms with van der Waals surface area (Å²) < 4.78 is 1.71. The monoisotopic (exact) mass is 275 g/mol. The van der Waals surface area contributed by atoms with E-state index in [1.807, 2.05) is 13.8 Å². The first-order chi connectivity index (χ1) is 9.49. The molecular formula is C14H17N3O3. The minimum atomic E-state index is -0.996. The average Bonchev–Trinajstić information content (AvgIpc) is 2.78. The number of fused-ring (bicyclic) bond motifs is 1. The molecule has 6 heteroatoms. The maximum absolute atomic E-state index is 11.6. The van der Waals surface area contributed by atoms with Gasteiger partial charge in [-0.25, -0.2) is 9.78 Å². The first-order valence-electron chi connectivity index (χ1n) is 6.45. The van der Waals surface area contributed by atoms with E-state index in [0.717, 1.165) is 0 Å². The van der Waals surface area contributed by atoms with Crippen molar-refractivity contribution in [1.29, 1.82) is 0 Å². The molecular weight excluding hydrogens is 258 g/mol. The second kappa shape index (κ2) is 5.73. The Morgan fingerprint density at radius 2 is 2.15 bits per heavy atom. The molecule has 0 fully saturated rings. The molecule has 0 unspecified atom stereocenters. The number of para-hydroxylation sites is 1. The van der Waals surface area contributed by atoms with E-state index in [4.69, 9.17) is 0 Å². The summed E-state index contributed by atoms with van der Waals surface area (Å²) in [6.45, 7) is 4.19. The van der Waals surface area contributed by atoms with Crippen molar-refractivity contribution in [2.45, 2.75) is 32.9 Å². The molecule has 0 atom stereocenters. The second-order valence-electron chi connectivity index (χ2n) is 4.89. The Morgan fingerprint density at radius 3 is 2.80 bits per heavy atom. The highest BCUT2D eigenvalue weighted by Crippen LogP contribution is 2.18. The van der Waals surface area contributed by atoms with Gasteiger partial charge in [0.1, 0.15) is 0 Å². The molecule has 0 spiro atoms. The number of hydrogen-bond acceptors (Lipinski definition) is 3. The highest BCUT2D eigenvalue weighted by Gasteiger charge is 2.13. The van der Waals surface area contributed by atoms with Crippen LogP contribution in [-0.2, 0) is 11.3 Å². The third-order valence-electron chi connectivity index (χ3n) is 2.90. The van der Waals surface area contributed by atoms with Crippen LogP contribution >= 0.6 is 0 Å². The molecule has 0 bridgehead atoms. The molecule has 1 aromatic heterocycles. The van der Waals surface area contributed by atoms with Crippen molar-refractivity contribution in [2.24, 2.45) is 0 Å². The van der Waals surface area contributed by atoms with Crippen LogP contribution in [0.4, 0.5) is 0 Å². The van der Waals surface area contributed by atoms with Crippen LogP contribution in [0.25, 0.3) is 11.0 Å². The summed E-state index contributed by atoms with van der Waals surface area (Å²) >= 11 is 0. The molecule has 0 radical (unpaired) electrons. The molecule has 106 valence electrons. The topological polar surface area (TPSA) is 84.2 Å². The smallest absolute Gasteiger partial charge is 0.337 e. The predicted molar refractivity (Wildman–Crippen MR) is 74.6 cm³/mol. The second-order valence-corrected chi connectivity index (χ2v) is 4.89. The molecule has 0 aliphatic rings. The molecule has 6 nitrogen and oxygen atoms in total. The number of carboxylic acid groups (broad SMARTS) is 1. The molecule has 0 aliphatic carbocycles. The lowest BCUT2D eigenvalue weighted by Crippen LogP contribution is -2.30. The number of carbonyl (C=O) groups is 2. The molecule has 20 heavy (non-hydrogen) atoms. The molecule has 1 amide bonds. The number of aryl methyl sites for hydroxylation is 1. The zero-order valence-corrected chi connectivity index (χ0v) is 11.5. The number of hydrogen-bond donors (Lipinski definition) is 2. The van der Waals surface area contributed by atoms with Gasteiger partial charge in [0.2, 0.25) is 5.91 Å². The molecule has 1 aromatic carbocycles. The van der Waals surface area contributed by atoms with Crippen molar-refractivity contribution in [1.82, 2.24) is 14.9 Å². The van der Waals surface area contributed by atoms with E-state index >= 15 is 0 Å². The van der Waals surface area contributed by atoms with Crippen LogP contribution in [0.5, 0.6) is 0 Å². The molecule has 2 aromatic rings. The predicted octanol–water partition coefficient (Wildman–Crippen LogP) is 1.65. The Hall–Kier alpha value is -2.37. The quantitative estimate of drug-likeness (QED) is 0.869. The Morgan fingerprint density at radius 1 is 1.40 bits per heavy atom. The van der Waals surface area contributed by atoms with Crippen molar-refractivity contribution in [2.75, 3.05) is 0 Å². The first kappa shape index (κ1) is 14.0. The standard InChI is InChI=1S/C14H17N3O3/c1-9(2)16-12(18)6-7-17-8-15-11-5-3-4-10(13(11)17)14(19)20/h3-5,8-9H,6-7H2,1-2H3,(H,16,18)(H,19,20). The Kier molecular flexibility index (Phi) is 4.02. The van der Waals surface area contributed by atoms with Gasteiger partial charge in [-0.2, -0.15) is 0 Å². The minimum Gasteiger partial charge on any atom is -0.478 e. The van der Waals surface area contributed by atoms with Gasteiger partial charge in [0, 0.05) is 19.0 Å². The molecule has 0 aliphatic heterocycles. The fourth-order valence-electron chi connectivity index (χ4n) is 2.09. The van der Waals surface area contributed by atoms with Gasteiger partial charge in [-0.3, -0.25) is 4.79 Å². The number of nitrogens with zero attached hydrogens (tertiary/aromatic N) is 2. The average molecular weight is 275 g/mol. The lowest BCUT2D eigenvalue weighted by molar-refractivity contribution is -0.121. The van der Waals surface area contributed by atoms with Crippen LogP contribution in [0.2, 0.25) is 0 Å². The fourth-order valence-corrected chi connectivity index (χ4v) is 2.09. The maximum Gasteiger partial charge on any atom is 0.337 e. The molecule has 1 heterocycles. The van der Waals surface area contributed by atoms with Crippen molar-refractivity contribution >= 4 is 22.9 Å². The summed E-state index contributed by atoms with van der Waals surface area (Å²) in [6, 6.07) is 5.05. The van der Waals surface area contributed by atoms with Crippen molar-refractivity contribution in [3.05, 3.63) is 30.1 Å². The Labute approximate surface area is 116 Å². The van der Waals surface area contributed by atoms with E-state index in [1.54, 1.807) is 23.0 Å². The van der Waals surface area contributed by atoms with E-state index in [9.17, 15) is 14.7 Å². The van der Waals surface area contributed by atoms with E-state index in [2.05, 4.69) is 10.3 Å². The zero-order chi connectivity index (χ0) is 14.7. The Balaban J connectivity index is 2.23. The van der Waals surface area contributed by atoms with Gasteiger partial charge in [0.25, 0.3) is 0 Å². The van der Waals surface area contributed by atoms with Gasteiger partial charge in [-0.05, 0) is 26.0 Å². The van der Waals surface area contributed by atoms with Gasteiger partial charge < -0.3 is 15.0 Å². The summed E-state index contributed by atoms with van der Waals surface area (Å²) in [7, 11) is 0. The van der Waals surface area contributed by atoms with Crippen LogP contribution in [-0.4, -0.2) is 32.6 Å². The van der Waals surface area contributed by atoms with Crippen molar-refractivity contribution in [3.8, 4) is 0 Å². The van der Waals surface area contributed by atoms with E-state index in [0.29, 0.717) is 17.6 Å². The van der Waals surface area contributed by atoms with Gasteiger partial charge in [-0.15, -0.1) is 0 Å². The number of carboxylic acids is 1. The summed E-state index contributed by atoms with van der Waals surface area (Å²) in [5, 5.41) is 12.0. The van der Waals surface area contributed by atoms with E-state index in [-0.39, 0.29) is 23.9 Å². The number of imidazole rings is 1. The van der Waals surface area contributed by atoms with Crippen LogP contribution in [0.15, 0.2) is 24.5 Å². The third-order valence-corrected chi connectivity index (χ3v) is 2.90. The number of benzene rings is 1. The number of rotatable bonds is 5. The van der Waals surface area contributed by atoms with Crippen LogP contribution in [0.1, 0.15) is 30.6 Å². The lowest BCUT2D eigenvalue weighted by Gasteiger charge is -2.09. The van der Waals surface area contributed by atoms with Gasteiger partial charge >= 0.3 is 5.97 Å². The normalized spacial score (nSPS) is 10.9. The highest BCUT2D eigenvalue weighted by atomic mass is 16.4. The Bertz CT molecular complexity index is 646. The van der Waals surface area contributed by atoms with Crippen molar-refractivity contribution in [3.63, 3.8) is 0 Å². The van der Waals surface area contributed by atoms with Crippen LogP contribution in [0.3, 0.4) is 0 Å². The largest absolute Gasteiger partial charge is 0.478 e. The summed E-state index contributed by atoms with van der Waals surface area (Å²) in [6.07, 6.45) is 1.86. The fraction of sp³-hybridized carbons (Fsp3) is 0.357. The third kappa shape index (κ3) is 2.96. The number of nitrogens with one attached hydrogen (secondary N) is 1. The van der Waals surface area contributed by atoms with Gasteiger partial charge in [0.15, 0.2) is 0 Å². The van der Waals surface area contributed by atoms with Crippen LogP contribution in [0, 0.1) is 0 Å². The highest BCUT2D eigenvalue weighted by molar-refractivity contribution is 6.01. The van der Waals surface area contributed by atoms with Gasteiger partial charge in [0.05, 0.1) is 22.9 Å². The summed E-state index contributed by atoms with van der Waals surface area (Å²) in [5.41, 5.74) is 1.37. The summed E-state index contributed by atoms with van der Waals surface area (Å²) in [5.74, 6) is -1.06. The van der Waals surface area contributed by atoms with Crippen molar-refractivity contribution < 1.29 is 14.7 Å². The van der Waals surface area contributed by atoms with Gasteiger partial charge in [-0.1, -0.05) is 6.07 Å². The number of aromatic carboxylic acids is 1. The molecule has 2 rings (SSSR count). The SMILES string of the molecule is CC(C)NC(=O)CCn1cnc2cccc(C(=O)O)c21. The lowest BCUT2D eigenvalue weighted by atomic mass is 10.2. The zero-order valence-electron chi connectivity index (χ0n) is 11.5. The molecule has 2 N–H and O–H groups in total.